The molecule has 1 heterocycles. The predicted octanol–water partition coefficient (Wildman–Crippen LogP) is 4.25. The highest BCUT2D eigenvalue weighted by molar-refractivity contribution is 6.31. The van der Waals surface area contributed by atoms with Crippen molar-refractivity contribution in [2.45, 2.75) is 13.5 Å². The van der Waals surface area contributed by atoms with Crippen molar-refractivity contribution in [3.05, 3.63) is 82.4 Å². The Morgan fingerprint density at radius 1 is 1.12 bits per heavy atom. The molecule has 0 spiro atoms. The molecule has 1 aromatic heterocycles. The second-order valence-electron chi connectivity index (χ2n) is 5.60. The number of amides is 1. The molecule has 0 unspecified atom stereocenters. The minimum atomic E-state index is -0.428. The molecule has 2 aromatic carbocycles. The summed E-state index contributed by atoms with van der Waals surface area (Å²) in [6, 6.07) is 15.0. The second kappa shape index (κ2) is 7.93. The SMILES string of the molecule is Cc1cc(C(=O)NCc2ccccc2Cl)nc(Nc2ccccc2F)n1. The molecule has 0 atom stereocenters. The van der Waals surface area contributed by atoms with Crippen LogP contribution in [0.15, 0.2) is 54.6 Å². The van der Waals surface area contributed by atoms with Crippen molar-refractivity contribution >= 4 is 29.1 Å². The molecule has 0 saturated carbocycles. The zero-order chi connectivity index (χ0) is 18.5. The maximum atomic E-state index is 13.8. The van der Waals surface area contributed by atoms with Crippen LogP contribution in [-0.2, 0) is 6.54 Å². The van der Waals surface area contributed by atoms with Crippen molar-refractivity contribution in [1.82, 2.24) is 15.3 Å². The number of nitrogens with zero attached hydrogens (tertiary/aromatic N) is 2. The van der Waals surface area contributed by atoms with Crippen molar-refractivity contribution in [2.75, 3.05) is 5.32 Å². The number of aryl methyl sites for hydroxylation is 1. The minimum absolute atomic E-state index is 0.151. The van der Waals surface area contributed by atoms with Crippen LogP contribution in [0, 0.1) is 12.7 Å². The van der Waals surface area contributed by atoms with Crippen molar-refractivity contribution in [3.63, 3.8) is 0 Å². The maximum Gasteiger partial charge on any atom is 0.270 e. The summed E-state index contributed by atoms with van der Waals surface area (Å²) in [4.78, 5) is 20.8. The lowest BCUT2D eigenvalue weighted by atomic mass is 10.2. The maximum absolute atomic E-state index is 13.8. The summed E-state index contributed by atoms with van der Waals surface area (Å²) < 4.78 is 13.8. The molecule has 0 fully saturated rings. The highest BCUT2D eigenvalue weighted by Gasteiger charge is 2.12. The first-order valence-corrected chi connectivity index (χ1v) is 8.29. The van der Waals surface area contributed by atoms with Gasteiger partial charge >= 0.3 is 0 Å². The lowest BCUT2D eigenvalue weighted by Gasteiger charge is -2.10. The minimum Gasteiger partial charge on any atom is -0.347 e. The summed E-state index contributed by atoms with van der Waals surface area (Å²) in [5.41, 5.74) is 1.81. The molecule has 26 heavy (non-hydrogen) atoms. The summed E-state index contributed by atoms with van der Waals surface area (Å²) in [7, 11) is 0. The van der Waals surface area contributed by atoms with Crippen molar-refractivity contribution in [1.29, 1.82) is 0 Å². The van der Waals surface area contributed by atoms with Gasteiger partial charge in [0.2, 0.25) is 5.95 Å². The molecule has 1 amide bonds. The van der Waals surface area contributed by atoms with E-state index in [2.05, 4.69) is 20.6 Å². The number of para-hydroxylation sites is 1. The first-order valence-electron chi connectivity index (χ1n) is 7.92. The quantitative estimate of drug-likeness (QED) is 0.704. The zero-order valence-electron chi connectivity index (χ0n) is 14.0. The van der Waals surface area contributed by atoms with Gasteiger partial charge in [-0.05, 0) is 36.8 Å². The Labute approximate surface area is 155 Å². The summed E-state index contributed by atoms with van der Waals surface area (Å²) >= 11 is 6.09. The molecular formula is C19H16ClFN4O. The summed E-state index contributed by atoms with van der Waals surface area (Å²) in [5, 5.41) is 6.14. The molecule has 0 aliphatic rings. The fraction of sp³-hybridized carbons (Fsp3) is 0.105. The van der Waals surface area contributed by atoms with E-state index in [1.54, 1.807) is 37.3 Å². The molecule has 2 N–H and O–H groups in total. The van der Waals surface area contributed by atoms with E-state index < -0.39 is 5.82 Å². The Balaban J connectivity index is 1.75. The number of halogens is 2. The standard InChI is InChI=1S/C19H16ClFN4O/c1-12-10-17(18(26)22-11-13-6-2-3-7-14(13)20)25-19(23-12)24-16-9-5-4-8-15(16)21/h2-10H,11H2,1H3,(H,22,26)(H,23,24,25). The lowest BCUT2D eigenvalue weighted by molar-refractivity contribution is 0.0946. The average Bonchev–Trinajstić information content (AvgIpc) is 2.62. The third-order valence-corrected chi connectivity index (χ3v) is 3.97. The Hall–Kier alpha value is -2.99. The number of nitrogens with one attached hydrogen (secondary N) is 2. The molecule has 0 aliphatic carbocycles. The zero-order valence-corrected chi connectivity index (χ0v) is 14.7. The van der Waals surface area contributed by atoms with Gasteiger partial charge in [0.25, 0.3) is 5.91 Å². The number of benzene rings is 2. The Bertz CT molecular complexity index is 948. The molecule has 7 heteroatoms. The highest BCUT2D eigenvalue weighted by atomic mass is 35.5. The molecule has 0 bridgehead atoms. The van der Waals surface area contributed by atoms with Crippen LogP contribution < -0.4 is 10.6 Å². The molecule has 132 valence electrons. The third-order valence-electron chi connectivity index (χ3n) is 3.60. The van der Waals surface area contributed by atoms with Crippen molar-refractivity contribution in [2.24, 2.45) is 0 Å². The van der Waals surface area contributed by atoms with Crippen LogP contribution in [0.4, 0.5) is 16.0 Å². The Kier molecular flexibility index (Phi) is 5.43. The lowest BCUT2D eigenvalue weighted by Crippen LogP contribution is -2.24. The van der Waals surface area contributed by atoms with E-state index in [9.17, 15) is 9.18 Å². The molecule has 3 aromatic rings. The molecule has 0 aliphatic heterocycles. The summed E-state index contributed by atoms with van der Waals surface area (Å²) in [6.45, 7) is 2.01. The molecular weight excluding hydrogens is 355 g/mol. The number of carbonyl (C=O) groups is 1. The summed E-state index contributed by atoms with van der Waals surface area (Å²) in [5.74, 6) is -0.646. The molecule has 0 saturated heterocycles. The molecule has 5 nitrogen and oxygen atoms in total. The van der Waals surface area contributed by atoms with Crippen LogP contribution in [-0.4, -0.2) is 15.9 Å². The van der Waals surface area contributed by atoms with Gasteiger partial charge in [-0.15, -0.1) is 0 Å². The highest BCUT2D eigenvalue weighted by Crippen LogP contribution is 2.18. The van der Waals surface area contributed by atoms with Gasteiger partial charge in [-0.2, -0.15) is 0 Å². The topological polar surface area (TPSA) is 66.9 Å². The molecule has 0 radical (unpaired) electrons. The van der Waals surface area contributed by atoms with Crippen LogP contribution in [0.5, 0.6) is 0 Å². The van der Waals surface area contributed by atoms with E-state index in [4.69, 9.17) is 11.6 Å². The number of aromatic nitrogens is 2. The largest absolute Gasteiger partial charge is 0.347 e. The van der Waals surface area contributed by atoms with Gasteiger partial charge in [-0.1, -0.05) is 41.9 Å². The normalized spacial score (nSPS) is 10.4. The van der Waals surface area contributed by atoms with E-state index >= 15 is 0 Å². The van der Waals surface area contributed by atoms with Gasteiger partial charge in [-0.3, -0.25) is 4.79 Å². The van der Waals surface area contributed by atoms with E-state index in [0.717, 1.165) is 5.56 Å². The van der Waals surface area contributed by atoms with Gasteiger partial charge in [0, 0.05) is 17.3 Å². The number of carbonyl (C=O) groups excluding carboxylic acids is 1. The monoisotopic (exact) mass is 370 g/mol. The van der Waals surface area contributed by atoms with Gasteiger partial charge < -0.3 is 10.6 Å². The van der Waals surface area contributed by atoms with Crippen molar-refractivity contribution < 1.29 is 9.18 Å². The van der Waals surface area contributed by atoms with E-state index in [0.29, 0.717) is 10.7 Å². The van der Waals surface area contributed by atoms with E-state index in [1.807, 2.05) is 18.2 Å². The summed E-state index contributed by atoms with van der Waals surface area (Å²) in [6.07, 6.45) is 0. The van der Waals surface area contributed by atoms with Crippen LogP contribution in [0.25, 0.3) is 0 Å². The Morgan fingerprint density at radius 2 is 1.85 bits per heavy atom. The average molecular weight is 371 g/mol. The number of rotatable bonds is 5. The first kappa shape index (κ1) is 17.8. The second-order valence-corrected chi connectivity index (χ2v) is 6.00. The van der Waals surface area contributed by atoms with Gasteiger partial charge in [-0.25, -0.2) is 14.4 Å². The smallest absolute Gasteiger partial charge is 0.270 e. The number of hydrogen-bond donors (Lipinski definition) is 2. The predicted molar refractivity (Wildman–Crippen MR) is 99.1 cm³/mol. The van der Waals surface area contributed by atoms with E-state index in [-0.39, 0.29) is 29.8 Å². The van der Waals surface area contributed by atoms with Crippen LogP contribution in [0.1, 0.15) is 21.7 Å². The number of anilines is 2. The van der Waals surface area contributed by atoms with Crippen LogP contribution >= 0.6 is 11.6 Å². The van der Waals surface area contributed by atoms with Crippen LogP contribution in [0.3, 0.4) is 0 Å². The third kappa shape index (κ3) is 4.34. The van der Waals surface area contributed by atoms with Gasteiger partial charge in [0.15, 0.2) is 0 Å². The molecule has 3 rings (SSSR count). The Morgan fingerprint density at radius 3 is 2.62 bits per heavy atom. The van der Waals surface area contributed by atoms with E-state index in [1.165, 1.54) is 6.07 Å². The van der Waals surface area contributed by atoms with Gasteiger partial charge in [0.05, 0.1) is 5.69 Å². The fourth-order valence-corrected chi connectivity index (χ4v) is 2.53. The van der Waals surface area contributed by atoms with Crippen molar-refractivity contribution in [3.8, 4) is 0 Å². The number of hydrogen-bond acceptors (Lipinski definition) is 4. The fourth-order valence-electron chi connectivity index (χ4n) is 2.33. The first-order chi connectivity index (χ1) is 12.5. The van der Waals surface area contributed by atoms with Gasteiger partial charge in [0.1, 0.15) is 11.5 Å². The van der Waals surface area contributed by atoms with Crippen LogP contribution in [0.2, 0.25) is 5.02 Å².